The van der Waals surface area contributed by atoms with E-state index in [-0.39, 0.29) is 23.9 Å². The number of amides is 3. The molecule has 35 heavy (non-hydrogen) atoms. The van der Waals surface area contributed by atoms with Crippen molar-refractivity contribution in [3.63, 3.8) is 0 Å². The number of rotatable bonds is 9. The van der Waals surface area contributed by atoms with Crippen molar-refractivity contribution in [1.82, 2.24) is 20.0 Å². The first kappa shape index (κ1) is 26.0. The summed E-state index contributed by atoms with van der Waals surface area (Å²) in [5.41, 5.74) is 3.66. The maximum atomic E-state index is 13.1. The summed E-state index contributed by atoms with van der Waals surface area (Å²) in [4.78, 5) is 27.6. The third-order valence-corrected chi connectivity index (χ3v) is 5.78. The molecule has 7 nitrogen and oxygen atoms in total. The van der Waals surface area contributed by atoms with Crippen molar-refractivity contribution >= 4 is 17.8 Å². The Balaban J connectivity index is 1.76. The lowest BCUT2D eigenvalue weighted by atomic mass is 9.92. The zero-order chi connectivity index (χ0) is 25.4. The summed E-state index contributed by atoms with van der Waals surface area (Å²) in [5.74, 6) is 0.334. The molecule has 0 atom stereocenters. The number of benzene rings is 2. The van der Waals surface area contributed by atoms with E-state index in [4.69, 9.17) is 5.10 Å². The number of hydrogen-bond acceptors (Lipinski definition) is 3. The lowest BCUT2D eigenvalue weighted by molar-refractivity contribution is -0.116. The van der Waals surface area contributed by atoms with Crippen LogP contribution in [-0.4, -0.2) is 39.7 Å². The topological polar surface area (TPSA) is 79.3 Å². The van der Waals surface area contributed by atoms with Gasteiger partial charge in [-0.15, -0.1) is 0 Å². The van der Waals surface area contributed by atoms with Crippen LogP contribution in [0.4, 0.5) is 10.6 Å². The predicted octanol–water partition coefficient (Wildman–Crippen LogP) is 5.43. The Morgan fingerprint density at radius 2 is 1.71 bits per heavy atom. The average Bonchev–Trinajstić information content (AvgIpc) is 3.25. The van der Waals surface area contributed by atoms with Crippen LogP contribution in [0.15, 0.2) is 60.7 Å². The highest BCUT2D eigenvalue weighted by atomic mass is 16.2. The molecule has 3 aromatic rings. The normalized spacial score (nSPS) is 11.2. The van der Waals surface area contributed by atoms with Gasteiger partial charge in [0.25, 0.3) is 0 Å². The van der Waals surface area contributed by atoms with Gasteiger partial charge in [0.1, 0.15) is 12.4 Å². The fourth-order valence-electron chi connectivity index (χ4n) is 3.66. The molecule has 0 saturated heterocycles. The number of carbonyl (C=O) groups excluding carboxylic acids is 2. The second-order valence-electron chi connectivity index (χ2n) is 9.83. The fourth-order valence-corrected chi connectivity index (χ4v) is 3.66. The number of anilines is 1. The lowest BCUT2D eigenvalue weighted by Crippen LogP contribution is -2.44. The first-order valence-electron chi connectivity index (χ1n) is 12.2. The van der Waals surface area contributed by atoms with Crippen LogP contribution in [0.1, 0.15) is 57.4 Å². The number of aryl methyl sites for hydroxylation is 1. The van der Waals surface area contributed by atoms with Crippen molar-refractivity contribution < 1.29 is 9.59 Å². The zero-order valence-corrected chi connectivity index (χ0v) is 21.5. The van der Waals surface area contributed by atoms with E-state index in [0.717, 1.165) is 35.3 Å². The van der Waals surface area contributed by atoms with Gasteiger partial charge in [-0.3, -0.25) is 4.79 Å². The van der Waals surface area contributed by atoms with Gasteiger partial charge in [0.15, 0.2) is 0 Å². The van der Waals surface area contributed by atoms with Crippen LogP contribution in [0.25, 0.3) is 5.69 Å². The Hall–Kier alpha value is -3.61. The minimum absolute atomic E-state index is 0.0373. The highest BCUT2D eigenvalue weighted by Gasteiger charge is 2.23. The Morgan fingerprint density at radius 3 is 2.37 bits per heavy atom. The molecule has 0 fully saturated rings. The molecule has 1 aromatic heterocycles. The third kappa shape index (κ3) is 7.18. The van der Waals surface area contributed by atoms with Crippen molar-refractivity contribution in [2.45, 2.75) is 59.4 Å². The minimum Gasteiger partial charge on any atom is -0.334 e. The van der Waals surface area contributed by atoms with Crippen molar-refractivity contribution in [3.8, 4) is 5.69 Å². The quantitative estimate of drug-likeness (QED) is 0.433. The van der Waals surface area contributed by atoms with E-state index >= 15 is 0 Å². The first-order chi connectivity index (χ1) is 16.7. The molecule has 0 bridgehead atoms. The molecule has 2 N–H and O–H groups in total. The lowest BCUT2D eigenvalue weighted by Gasteiger charge is -2.22. The van der Waals surface area contributed by atoms with E-state index in [1.807, 2.05) is 67.6 Å². The largest absolute Gasteiger partial charge is 0.334 e. The molecule has 2 aromatic carbocycles. The monoisotopic (exact) mass is 475 g/mol. The van der Waals surface area contributed by atoms with Gasteiger partial charge in [0.05, 0.1) is 11.4 Å². The van der Waals surface area contributed by atoms with Crippen molar-refractivity contribution in [1.29, 1.82) is 0 Å². The summed E-state index contributed by atoms with van der Waals surface area (Å²) < 4.78 is 1.78. The molecule has 7 heteroatoms. The minimum atomic E-state index is -0.258. The summed E-state index contributed by atoms with van der Waals surface area (Å²) in [7, 11) is 0. The maximum Gasteiger partial charge on any atom is 0.318 e. The van der Waals surface area contributed by atoms with Gasteiger partial charge in [-0.1, -0.05) is 82.6 Å². The summed E-state index contributed by atoms with van der Waals surface area (Å²) >= 11 is 0. The van der Waals surface area contributed by atoms with E-state index in [1.165, 1.54) is 0 Å². The van der Waals surface area contributed by atoms with Crippen LogP contribution in [0.2, 0.25) is 0 Å². The van der Waals surface area contributed by atoms with Gasteiger partial charge >= 0.3 is 6.03 Å². The summed E-state index contributed by atoms with van der Waals surface area (Å²) in [5, 5.41) is 10.7. The van der Waals surface area contributed by atoms with Crippen LogP contribution < -0.4 is 10.6 Å². The van der Waals surface area contributed by atoms with Crippen LogP contribution >= 0.6 is 0 Å². The van der Waals surface area contributed by atoms with Crippen molar-refractivity contribution in [3.05, 3.63) is 77.5 Å². The van der Waals surface area contributed by atoms with E-state index in [9.17, 15) is 9.59 Å². The number of carbonyl (C=O) groups is 2. The van der Waals surface area contributed by atoms with Crippen molar-refractivity contribution in [2.75, 3.05) is 18.4 Å². The van der Waals surface area contributed by atoms with Gasteiger partial charge < -0.3 is 15.5 Å². The second-order valence-corrected chi connectivity index (χ2v) is 9.83. The molecule has 0 unspecified atom stereocenters. The van der Waals surface area contributed by atoms with Crippen LogP contribution in [-0.2, 0) is 16.8 Å². The smallest absolute Gasteiger partial charge is 0.318 e. The molecule has 0 radical (unpaired) electrons. The van der Waals surface area contributed by atoms with Gasteiger partial charge in [-0.05, 0) is 30.5 Å². The molecule has 0 saturated carbocycles. The van der Waals surface area contributed by atoms with Gasteiger partial charge in [-0.2, -0.15) is 5.10 Å². The highest BCUT2D eigenvalue weighted by molar-refractivity contribution is 5.94. The number of unbranched alkanes of at least 4 members (excludes halogenated alkanes) is 1. The van der Waals surface area contributed by atoms with Crippen LogP contribution in [0, 0.1) is 6.92 Å². The summed E-state index contributed by atoms with van der Waals surface area (Å²) in [6.07, 6.45) is 1.75. The Kier molecular flexibility index (Phi) is 8.68. The fraction of sp³-hybridized carbons (Fsp3) is 0.393. The molecule has 186 valence electrons. The summed E-state index contributed by atoms with van der Waals surface area (Å²) in [6, 6.07) is 19.3. The predicted molar refractivity (Wildman–Crippen MR) is 141 cm³/mol. The molecule has 0 aliphatic heterocycles. The van der Waals surface area contributed by atoms with Gasteiger partial charge in [0, 0.05) is 24.6 Å². The third-order valence-electron chi connectivity index (χ3n) is 5.78. The molecule has 3 amide bonds. The number of para-hydroxylation sites is 1. The summed E-state index contributed by atoms with van der Waals surface area (Å²) in [6.45, 7) is 11.2. The van der Waals surface area contributed by atoms with Gasteiger partial charge in [-0.25, -0.2) is 9.48 Å². The number of aromatic nitrogens is 2. The molecule has 0 aliphatic carbocycles. The zero-order valence-electron chi connectivity index (χ0n) is 21.5. The first-order valence-corrected chi connectivity index (χ1v) is 12.2. The van der Waals surface area contributed by atoms with E-state index in [1.54, 1.807) is 9.58 Å². The van der Waals surface area contributed by atoms with E-state index in [0.29, 0.717) is 18.9 Å². The molecular formula is C28H37N5O2. The van der Waals surface area contributed by atoms with Crippen molar-refractivity contribution in [2.24, 2.45) is 0 Å². The Bertz CT molecular complexity index is 1130. The molecular weight excluding hydrogens is 438 g/mol. The Labute approximate surface area is 208 Å². The van der Waals surface area contributed by atoms with Crippen LogP contribution in [0.3, 0.4) is 0 Å². The Morgan fingerprint density at radius 1 is 1.03 bits per heavy atom. The number of nitrogens with zero attached hydrogens (tertiary/aromatic N) is 3. The number of urea groups is 1. The van der Waals surface area contributed by atoms with Gasteiger partial charge in [0.2, 0.25) is 5.91 Å². The number of nitrogens with one attached hydrogen (secondary N) is 2. The molecule has 0 aliphatic rings. The highest BCUT2D eigenvalue weighted by Crippen LogP contribution is 2.27. The maximum absolute atomic E-state index is 13.1. The average molecular weight is 476 g/mol. The second kappa shape index (κ2) is 11.7. The standard InChI is InChI=1S/C28H37N5O2/c1-6-7-17-32(27(35)29-19-22-14-9-8-10-15-22)20-26(34)30-25-18-24(28(3,4)5)31-33(25)23-16-12-11-13-21(23)2/h8-16,18H,6-7,17,19-20H2,1-5H3,(H,29,35)(H,30,34). The molecule has 3 rings (SSSR count). The number of hydrogen-bond donors (Lipinski definition) is 2. The van der Waals surface area contributed by atoms with E-state index in [2.05, 4.69) is 38.3 Å². The molecule has 1 heterocycles. The molecule has 0 spiro atoms. The SMILES string of the molecule is CCCCN(CC(=O)Nc1cc(C(C)(C)C)nn1-c1ccccc1C)C(=O)NCc1ccccc1. The van der Waals surface area contributed by atoms with E-state index < -0.39 is 0 Å². The van der Waals surface area contributed by atoms with Crippen LogP contribution in [0.5, 0.6) is 0 Å².